The number of hydrogen-bond donors (Lipinski definition) is 2. The Bertz CT molecular complexity index is 1520. The Morgan fingerprint density at radius 1 is 0.825 bits per heavy atom. The van der Waals surface area contributed by atoms with Crippen LogP contribution in [0.3, 0.4) is 0 Å². The fourth-order valence-corrected chi connectivity index (χ4v) is 5.51. The van der Waals surface area contributed by atoms with Gasteiger partial charge in [0.1, 0.15) is 22.6 Å². The molecule has 1 atom stereocenters. The summed E-state index contributed by atoms with van der Waals surface area (Å²) in [6, 6.07) is 27.1. The Morgan fingerprint density at radius 3 is 2.12 bits per heavy atom. The first-order chi connectivity index (χ1) is 19.4. The Labute approximate surface area is 234 Å². The van der Waals surface area contributed by atoms with Crippen molar-refractivity contribution in [3.63, 3.8) is 0 Å². The number of phenols is 1. The maximum Gasteiger partial charge on any atom is 0.262 e. The van der Waals surface area contributed by atoms with Gasteiger partial charge in [0.05, 0.1) is 5.75 Å². The molecule has 1 aliphatic rings. The van der Waals surface area contributed by atoms with Crippen molar-refractivity contribution >= 4 is 28.5 Å². The lowest BCUT2D eigenvalue weighted by atomic mass is 10.0. The van der Waals surface area contributed by atoms with E-state index in [4.69, 9.17) is 0 Å². The van der Waals surface area contributed by atoms with Crippen molar-refractivity contribution in [3.8, 4) is 16.9 Å². The third-order valence-corrected chi connectivity index (χ3v) is 7.81. The van der Waals surface area contributed by atoms with E-state index in [1.54, 1.807) is 41.3 Å². The number of aromatic hydroxyl groups is 1. The zero-order chi connectivity index (χ0) is 28.1. The molecule has 0 saturated carbocycles. The molecule has 7 nitrogen and oxygen atoms in total. The van der Waals surface area contributed by atoms with Gasteiger partial charge in [0, 0.05) is 48.6 Å². The fourth-order valence-electron chi connectivity index (χ4n) is 4.62. The molecule has 2 amide bonds. The zero-order valence-corrected chi connectivity index (χ0v) is 22.4. The van der Waals surface area contributed by atoms with Crippen LogP contribution in [0.2, 0.25) is 0 Å². The summed E-state index contributed by atoms with van der Waals surface area (Å²) < 4.78 is 29.7. The van der Waals surface area contributed by atoms with Gasteiger partial charge in [0.25, 0.3) is 11.8 Å². The minimum absolute atomic E-state index is 0.101. The summed E-state index contributed by atoms with van der Waals surface area (Å²) in [6.07, 6.45) is 0. The molecule has 0 bridgehead atoms. The molecule has 0 spiro atoms. The number of amides is 2. The van der Waals surface area contributed by atoms with Gasteiger partial charge in [-0.05, 0) is 59.7 Å². The van der Waals surface area contributed by atoms with E-state index in [1.165, 1.54) is 18.2 Å². The summed E-state index contributed by atoms with van der Waals surface area (Å²) in [6.45, 7) is 2.13. The molecule has 1 saturated heterocycles. The summed E-state index contributed by atoms with van der Waals surface area (Å²) in [5, 5.41) is 9.46. The Balaban J connectivity index is 1.15. The molecule has 1 aliphatic heterocycles. The highest BCUT2D eigenvalue weighted by molar-refractivity contribution is 7.82. The SMILES string of the molecule is O=C(NS(=O)Cc1ccccc1)c1ccc(N2CCN(C(=O)c3ccc(-c4ccc(O)cc4)c(F)c3)CC2)cc1. The number of piperazine rings is 1. The second-order valence-electron chi connectivity index (χ2n) is 9.47. The monoisotopic (exact) mass is 557 g/mol. The molecule has 40 heavy (non-hydrogen) atoms. The van der Waals surface area contributed by atoms with Crippen LogP contribution in [-0.4, -0.2) is 52.2 Å². The molecule has 204 valence electrons. The summed E-state index contributed by atoms with van der Waals surface area (Å²) in [5.74, 6) is -0.791. The predicted octanol–water partition coefficient (Wildman–Crippen LogP) is 4.75. The predicted molar refractivity (Wildman–Crippen MR) is 154 cm³/mol. The molecule has 2 N–H and O–H groups in total. The molecule has 9 heteroatoms. The van der Waals surface area contributed by atoms with E-state index < -0.39 is 22.7 Å². The van der Waals surface area contributed by atoms with E-state index in [-0.39, 0.29) is 23.0 Å². The van der Waals surface area contributed by atoms with Crippen molar-refractivity contribution in [1.82, 2.24) is 9.62 Å². The number of rotatable bonds is 7. The molecular formula is C31H28FN3O4S. The molecule has 1 unspecified atom stereocenters. The van der Waals surface area contributed by atoms with Crippen LogP contribution in [0.4, 0.5) is 10.1 Å². The number of anilines is 1. The number of nitrogens with zero attached hydrogens (tertiary/aromatic N) is 2. The van der Waals surface area contributed by atoms with Crippen LogP contribution in [-0.2, 0) is 16.7 Å². The summed E-state index contributed by atoms with van der Waals surface area (Å²) in [7, 11) is -1.53. The lowest BCUT2D eigenvalue weighted by Crippen LogP contribution is -2.48. The van der Waals surface area contributed by atoms with Crippen LogP contribution in [0.5, 0.6) is 5.75 Å². The van der Waals surface area contributed by atoms with Gasteiger partial charge >= 0.3 is 0 Å². The minimum Gasteiger partial charge on any atom is -0.508 e. The van der Waals surface area contributed by atoms with Gasteiger partial charge in [-0.25, -0.2) is 8.60 Å². The smallest absolute Gasteiger partial charge is 0.262 e. The number of carbonyl (C=O) groups is 2. The van der Waals surface area contributed by atoms with E-state index in [2.05, 4.69) is 9.62 Å². The highest BCUT2D eigenvalue weighted by Gasteiger charge is 2.23. The molecule has 1 fully saturated rings. The lowest BCUT2D eigenvalue weighted by Gasteiger charge is -2.36. The van der Waals surface area contributed by atoms with Gasteiger partial charge in [-0.1, -0.05) is 48.5 Å². The van der Waals surface area contributed by atoms with Crippen molar-refractivity contribution in [2.45, 2.75) is 5.75 Å². The first kappa shape index (κ1) is 27.1. The standard InChI is InChI=1S/C31H28FN3O4S/c32-29-20-25(10-15-28(29)23-8-13-27(36)14-9-23)31(38)35-18-16-34(17-19-35)26-11-6-24(7-12-26)30(37)33-40(39)21-22-4-2-1-3-5-22/h1-15,20,36H,16-19,21H2,(H,33,37). The van der Waals surface area contributed by atoms with Crippen LogP contribution in [0.1, 0.15) is 26.3 Å². The molecular weight excluding hydrogens is 529 g/mol. The second kappa shape index (κ2) is 12.1. The maximum atomic E-state index is 14.8. The minimum atomic E-state index is -1.53. The van der Waals surface area contributed by atoms with E-state index in [0.29, 0.717) is 42.9 Å². The number of carbonyl (C=O) groups excluding carboxylic acids is 2. The van der Waals surface area contributed by atoms with Crippen LogP contribution in [0, 0.1) is 5.82 Å². The highest BCUT2D eigenvalue weighted by atomic mass is 32.2. The molecule has 4 aromatic carbocycles. The van der Waals surface area contributed by atoms with Gasteiger partial charge in [0.2, 0.25) is 0 Å². The number of halogens is 1. The third-order valence-electron chi connectivity index (χ3n) is 6.80. The molecule has 0 aromatic heterocycles. The van der Waals surface area contributed by atoms with Gasteiger partial charge in [-0.2, -0.15) is 0 Å². The van der Waals surface area contributed by atoms with Crippen LogP contribution < -0.4 is 9.62 Å². The Morgan fingerprint density at radius 2 is 1.48 bits per heavy atom. The number of benzene rings is 4. The van der Waals surface area contributed by atoms with Gasteiger partial charge < -0.3 is 14.9 Å². The fraction of sp³-hybridized carbons (Fsp3) is 0.161. The normalized spacial score (nSPS) is 14.0. The van der Waals surface area contributed by atoms with Crippen molar-refractivity contribution < 1.29 is 23.3 Å². The molecule has 4 aromatic rings. The number of nitrogens with one attached hydrogen (secondary N) is 1. The largest absolute Gasteiger partial charge is 0.508 e. The van der Waals surface area contributed by atoms with Crippen LogP contribution in [0.15, 0.2) is 97.1 Å². The summed E-state index contributed by atoms with van der Waals surface area (Å²) >= 11 is 0. The lowest BCUT2D eigenvalue weighted by molar-refractivity contribution is 0.0746. The zero-order valence-electron chi connectivity index (χ0n) is 21.6. The summed E-state index contributed by atoms with van der Waals surface area (Å²) in [5.41, 5.74) is 3.47. The van der Waals surface area contributed by atoms with Crippen LogP contribution in [0.25, 0.3) is 11.1 Å². The van der Waals surface area contributed by atoms with E-state index in [1.807, 2.05) is 42.5 Å². The molecule has 0 radical (unpaired) electrons. The van der Waals surface area contributed by atoms with Crippen molar-refractivity contribution in [2.24, 2.45) is 0 Å². The number of phenolic OH excluding ortho intramolecular Hbond substituents is 1. The topological polar surface area (TPSA) is 90.0 Å². The third kappa shape index (κ3) is 6.38. The van der Waals surface area contributed by atoms with Crippen molar-refractivity contribution in [2.75, 3.05) is 31.1 Å². The van der Waals surface area contributed by atoms with E-state index >= 15 is 0 Å². The van der Waals surface area contributed by atoms with Gasteiger partial charge in [0.15, 0.2) is 0 Å². The maximum absolute atomic E-state index is 14.8. The quantitative estimate of drug-likeness (QED) is 0.342. The average molecular weight is 558 g/mol. The molecule has 1 heterocycles. The second-order valence-corrected chi connectivity index (χ2v) is 10.7. The van der Waals surface area contributed by atoms with Gasteiger partial charge in [-0.3, -0.25) is 14.3 Å². The van der Waals surface area contributed by atoms with Crippen molar-refractivity contribution in [3.05, 3.63) is 120 Å². The number of hydrogen-bond acceptors (Lipinski definition) is 5. The summed E-state index contributed by atoms with van der Waals surface area (Å²) in [4.78, 5) is 29.4. The first-order valence-electron chi connectivity index (χ1n) is 12.8. The Hall–Kier alpha value is -4.50. The van der Waals surface area contributed by atoms with Crippen molar-refractivity contribution in [1.29, 1.82) is 0 Å². The average Bonchev–Trinajstić information content (AvgIpc) is 2.98. The van der Waals surface area contributed by atoms with Crippen LogP contribution >= 0.6 is 0 Å². The van der Waals surface area contributed by atoms with E-state index in [9.17, 15) is 23.3 Å². The molecule has 0 aliphatic carbocycles. The van der Waals surface area contributed by atoms with Gasteiger partial charge in [-0.15, -0.1) is 0 Å². The Kier molecular flexibility index (Phi) is 8.21. The highest BCUT2D eigenvalue weighted by Crippen LogP contribution is 2.26. The molecule has 5 rings (SSSR count). The first-order valence-corrected chi connectivity index (χ1v) is 14.2. The van der Waals surface area contributed by atoms with E-state index in [0.717, 1.165) is 11.3 Å².